The molecular formula is C10H21NO2. The molecule has 1 fully saturated rings. The number of aliphatic hydroxyl groups excluding tert-OH is 2. The fraction of sp³-hybridized carbons (Fsp3) is 1.00. The molecule has 0 amide bonds. The standard InChI is InChI=1S/C10H21NO2/c1-10(2,3)6-9(13)11-5-4-8(12)7-11/h8-9,12-13H,4-7H2,1-3H3. The van der Waals surface area contributed by atoms with Crippen LogP contribution in [0.5, 0.6) is 0 Å². The first-order chi connectivity index (χ1) is 5.88. The van der Waals surface area contributed by atoms with Gasteiger partial charge in [-0.2, -0.15) is 0 Å². The Morgan fingerprint density at radius 3 is 2.46 bits per heavy atom. The van der Waals surface area contributed by atoms with Gasteiger partial charge in [0.1, 0.15) is 6.23 Å². The summed E-state index contributed by atoms with van der Waals surface area (Å²) in [5.74, 6) is 0. The van der Waals surface area contributed by atoms with E-state index in [1.807, 2.05) is 4.90 Å². The van der Waals surface area contributed by atoms with Crippen molar-refractivity contribution in [2.45, 2.75) is 45.9 Å². The third-order valence-electron chi connectivity index (χ3n) is 2.41. The summed E-state index contributed by atoms with van der Waals surface area (Å²) in [5.41, 5.74) is 0.146. The minimum absolute atomic E-state index is 0.146. The molecule has 78 valence electrons. The van der Waals surface area contributed by atoms with Crippen LogP contribution >= 0.6 is 0 Å². The van der Waals surface area contributed by atoms with Crippen molar-refractivity contribution < 1.29 is 10.2 Å². The van der Waals surface area contributed by atoms with Gasteiger partial charge in [0.05, 0.1) is 6.10 Å². The Bertz CT molecular complexity index is 165. The van der Waals surface area contributed by atoms with Crippen LogP contribution in [0.3, 0.4) is 0 Å². The summed E-state index contributed by atoms with van der Waals surface area (Å²) in [7, 11) is 0. The van der Waals surface area contributed by atoms with Crippen LogP contribution in [-0.4, -0.2) is 40.5 Å². The molecule has 0 aromatic heterocycles. The number of likely N-dealkylation sites (tertiary alicyclic amines) is 1. The summed E-state index contributed by atoms with van der Waals surface area (Å²) >= 11 is 0. The Balaban J connectivity index is 2.36. The number of rotatable bonds is 2. The molecule has 2 N–H and O–H groups in total. The van der Waals surface area contributed by atoms with Crippen molar-refractivity contribution >= 4 is 0 Å². The van der Waals surface area contributed by atoms with Gasteiger partial charge in [-0.25, -0.2) is 0 Å². The van der Waals surface area contributed by atoms with Gasteiger partial charge in [-0.1, -0.05) is 20.8 Å². The maximum absolute atomic E-state index is 9.82. The molecule has 13 heavy (non-hydrogen) atoms. The fourth-order valence-corrected chi connectivity index (χ4v) is 1.72. The van der Waals surface area contributed by atoms with E-state index in [1.165, 1.54) is 0 Å². The second-order valence-electron chi connectivity index (χ2n) is 5.18. The van der Waals surface area contributed by atoms with Gasteiger partial charge in [-0.3, -0.25) is 4.90 Å². The maximum atomic E-state index is 9.82. The summed E-state index contributed by atoms with van der Waals surface area (Å²) in [6, 6.07) is 0. The van der Waals surface area contributed by atoms with E-state index in [4.69, 9.17) is 0 Å². The topological polar surface area (TPSA) is 43.7 Å². The lowest BCUT2D eigenvalue weighted by molar-refractivity contribution is -0.0156. The Kier molecular flexibility index (Phi) is 3.33. The highest BCUT2D eigenvalue weighted by Crippen LogP contribution is 2.24. The van der Waals surface area contributed by atoms with Crippen molar-refractivity contribution in [2.75, 3.05) is 13.1 Å². The van der Waals surface area contributed by atoms with Crippen LogP contribution in [0.15, 0.2) is 0 Å². The highest BCUT2D eigenvalue weighted by atomic mass is 16.3. The van der Waals surface area contributed by atoms with Gasteiger partial charge in [-0.15, -0.1) is 0 Å². The van der Waals surface area contributed by atoms with Crippen molar-refractivity contribution in [1.82, 2.24) is 4.90 Å². The van der Waals surface area contributed by atoms with Gasteiger partial charge in [0.25, 0.3) is 0 Å². The lowest BCUT2D eigenvalue weighted by Crippen LogP contribution is -2.36. The van der Waals surface area contributed by atoms with E-state index in [0.29, 0.717) is 6.54 Å². The van der Waals surface area contributed by atoms with E-state index >= 15 is 0 Å². The van der Waals surface area contributed by atoms with E-state index in [0.717, 1.165) is 19.4 Å². The van der Waals surface area contributed by atoms with Crippen LogP contribution in [0.4, 0.5) is 0 Å². The van der Waals surface area contributed by atoms with E-state index in [1.54, 1.807) is 0 Å². The monoisotopic (exact) mass is 187 g/mol. The Morgan fingerprint density at radius 1 is 1.46 bits per heavy atom. The molecule has 0 spiro atoms. The van der Waals surface area contributed by atoms with E-state index in [-0.39, 0.29) is 11.5 Å². The summed E-state index contributed by atoms with van der Waals surface area (Å²) < 4.78 is 0. The van der Waals surface area contributed by atoms with Crippen LogP contribution < -0.4 is 0 Å². The second-order valence-corrected chi connectivity index (χ2v) is 5.18. The molecule has 2 atom stereocenters. The predicted octanol–water partition coefficient (Wildman–Crippen LogP) is 0.808. The third kappa shape index (κ3) is 3.63. The van der Waals surface area contributed by atoms with Gasteiger partial charge in [-0.05, 0) is 18.3 Å². The molecule has 3 nitrogen and oxygen atoms in total. The lowest BCUT2D eigenvalue weighted by Gasteiger charge is -2.28. The quantitative estimate of drug-likeness (QED) is 0.672. The molecule has 2 unspecified atom stereocenters. The molecule has 0 aliphatic carbocycles. The van der Waals surface area contributed by atoms with Crippen molar-refractivity contribution in [2.24, 2.45) is 5.41 Å². The normalized spacial score (nSPS) is 27.9. The smallest absolute Gasteiger partial charge is 0.107 e. The zero-order chi connectivity index (χ0) is 10.1. The summed E-state index contributed by atoms with van der Waals surface area (Å²) in [6.07, 6.45) is 0.924. The molecule has 1 heterocycles. The molecule has 0 aromatic carbocycles. The van der Waals surface area contributed by atoms with Crippen LogP contribution in [0.25, 0.3) is 0 Å². The van der Waals surface area contributed by atoms with Crippen LogP contribution in [0.2, 0.25) is 0 Å². The zero-order valence-electron chi connectivity index (χ0n) is 8.82. The molecule has 0 aromatic rings. The number of β-amino-alcohol motifs (C(OH)–C–C–N with tert-alkyl or cyclic N) is 1. The SMILES string of the molecule is CC(C)(C)CC(O)N1CCC(O)C1. The number of hydrogen-bond donors (Lipinski definition) is 2. The van der Waals surface area contributed by atoms with Crippen molar-refractivity contribution in [3.8, 4) is 0 Å². The highest BCUT2D eigenvalue weighted by molar-refractivity contribution is 4.78. The Hall–Kier alpha value is -0.120. The van der Waals surface area contributed by atoms with Crippen LogP contribution in [0.1, 0.15) is 33.6 Å². The second kappa shape index (κ2) is 3.95. The molecule has 1 aliphatic heterocycles. The summed E-state index contributed by atoms with van der Waals surface area (Å²) in [5, 5.41) is 19.1. The van der Waals surface area contributed by atoms with Gasteiger partial charge >= 0.3 is 0 Å². The van der Waals surface area contributed by atoms with Crippen LogP contribution in [0, 0.1) is 5.41 Å². The van der Waals surface area contributed by atoms with Crippen LogP contribution in [-0.2, 0) is 0 Å². The highest BCUT2D eigenvalue weighted by Gasteiger charge is 2.28. The van der Waals surface area contributed by atoms with Gasteiger partial charge in [0.2, 0.25) is 0 Å². The fourth-order valence-electron chi connectivity index (χ4n) is 1.72. The molecule has 1 aliphatic rings. The van der Waals surface area contributed by atoms with Gasteiger partial charge in [0.15, 0.2) is 0 Å². The Morgan fingerprint density at radius 2 is 2.08 bits per heavy atom. The predicted molar refractivity (Wildman–Crippen MR) is 52.3 cm³/mol. The molecule has 1 saturated heterocycles. The zero-order valence-corrected chi connectivity index (χ0v) is 8.82. The van der Waals surface area contributed by atoms with Crippen molar-refractivity contribution in [1.29, 1.82) is 0 Å². The molecule has 3 heteroatoms. The van der Waals surface area contributed by atoms with Crippen molar-refractivity contribution in [3.05, 3.63) is 0 Å². The molecule has 0 bridgehead atoms. The molecule has 0 radical (unpaired) electrons. The van der Waals surface area contributed by atoms with E-state index < -0.39 is 6.23 Å². The minimum atomic E-state index is -0.392. The third-order valence-corrected chi connectivity index (χ3v) is 2.41. The first-order valence-electron chi connectivity index (χ1n) is 4.99. The lowest BCUT2D eigenvalue weighted by atomic mass is 9.91. The number of aliphatic hydroxyl groups is 2. The Labute approximate surface area is 80.4 Å². The first-order valence-corrected chi connectivity index (χ1v) is 4.99. The minimum Gasteiger partial charge on any atom is -0.392 e. The van der Waals surface area contributed by atoms with Crippen molar-refractivity contribution in [3.63, 3.8) is 0 Å². The van der Waals surface area contributed by atoms with Gasteiger partial charge < -0.3 is 10.2 Å². The largest absolute Gasteiger partial charge is 0.392 e. The average Bonchev–Trinajstić information content (AvgIpc) is 2.31. The van der Waals surface area contributed by atoms with E-state index in [2.05, 4.69) is 20.8 Å². The number of hydrogen-bond acceptors (Lipinski definition) is 3. The van der Waals surface area contributed by atoms with E-state index in [9.17, 15) is 10.2 Å². The number of nitrogens with zero attached hydrogens (tertiary/aromatic N) is 1. The summed E-state index contributed by atoms with van der Waals surface area (Å²) in [4.78, 5) is 1.95. The summed E-state index contributed by atoms with van der Waals surface area (Å²) in [6.45, 7) is 7.78. The average molecular weight is 187 g/mol. The van der Waals surface area contributed by atoms with Gasteiger partial charge in [0, 0.05) is 13.1 Å². The maximum Gasteiger partial charge on any atom is 0.107 e. The molecule has 0 saturated carbocycles. The first kappa shape index (κ1) is 11.0. The molecular weight excluding hydrogens is 166 g/mol. The molecule has 1 rings (SSSR count).